The first-order valence-corrected chi connectivity index (χ1v) is 6.91. The number of hydrogen-bond donors (Lipinski definition) is 2. The molecule has 1 saturated heterocycles. The van der Waals surface area contributed by atoms with Gasteiger partial charge in [-0.15, -0.1) is 0 Å². The first kappa shape index (κ1) is 14.5. The summed E-state index contributed by atoms with van der Waals surface area (Å²) in [5.74, 6) is -0.156. The highest BCUT2D eigenvalue weighted by Gasteiger charge is 2.17. The van der Waals surface area contributed by atoms with Gasteiger partial charge in [-0.05, 0) is 24.5 Å². The molecule has 2 heterocycles. The number of aromatic nitrogens is 1. The Bertz CT molecular complexity index is 467. The van der Waals surface area contributed by atoms with Gasteiger partial charge in [-0.1, -0.05) is 6.07 Å². The van der Waals surface area contributed by atoms with Gasteiger partial charge in [0.2, 0.25) is 5.91 Å². The number of carbonyl (C=O) groups excluding carboxylic acids is 2. The van der Waals surface area contributed by atoms with Crippen LogP contribution in [0.25, 0.3) is 0 Å². The van der Waals surface area contributed by atoms with Crippen molar-refractivity contribution in [2.24, 2.45) is 5.73 Å². The van der Waals surface area contributed by atoms with E-state index >= 15 is 0 Å². The second kappa shape index (κ2) is 7.00. The number of likely N-dealkylation sites (tertiary alicyclic amines) is 1. The number of nitrogens with zero attached hydrogens (tertiary/aromatic N) is 2. The zero-order valence-corrected chi connectivity index (χ0v) is 11.5. The van der Waals surface area contributed by atoms with E-state index in [4.69, 9.17) is 5.73 Å². The van der Waals surface area contributed by atoms with Gasteiger partial charge < -0.3 is 16.0 Å². The quantitative estimate of drug-likeness (QED) is 0.808. The van der Waals surface area contributed by atoms with E-state index in [1.54, 1.807) is 18.3 Å². The fourth-order valence-electron chi connectivity index (χ4n) is 2.18. The van der Waals surface area contributed by atoms with Crippen molar-refractivity contribution in [3.63, 3.8) is 0 Å². The Balaban J connectivity index is 1.75. The van der Waals surface area contributed by atoms with E-state index in [0.29, 0.717) is 25.2 Å². The third-order valence-corrected chi connectivity index (χ3v) is 3.38. The molecule has 1 aromatic heterocycles. The monoisotopic (exact) mass is 276 g/mol. The molecule has 2 rings (SSSR count). The summed E-state index contributed by atoms with van der Waals surface area (Å²) in [7, 11) is 0. The number of hydrogen-bond acceptors (Lipinski definition) is 4. The summed E-state index contributed by atoms with van der Waals surface area (Å²) < 4.78 is 0. The van der Waals surface area contributed by atoms with Crippen LogP contribution in [0.1, 0.15) is 35.3 Å². The van der Waals surface area contributed by atoms with Crippen molar-refractivity contribution in [1.29, 1.82) is 0 Å². The average molecular weight is 276 g/mol. The molecule has 6 heteroatoms. The SMILES string of the molecule is NCc1ccc(C(=O)NCCC(=O)N2CCCC2)nc1. The van der Waals surface area contributed by atoms with Crippen molar-refractivity contribution in [1.82, 2.24) is 15.2 Å². The molecule has 0 aliphatic carbocycles. The van der Waals surface area contributed by atoms with Gasteiger partial charge in [0.1, 0.15) is 5.69 Å². The van der Waals surface area contributed by atoms with Gasteiger partial charge in [-0.25, -0.2) is 0 Å². The second-order valence-electron chi connectivity index (χ2n) is 4.85. The van der Waals surface area contributed by atoms with Gasteiger partial charge in [0.05, 0.1) is 0 Å². The third kappa shape index (κ3) is 3.77. The van der Waals surface area contributed by atoms with Crippen molar-refractivity contribution in [2.75, 3.05) is 19.6 Å². The standard InChI is InChI=1S/C14H20N4O2/c15-9-11-3-4-12(17-10-11)14(20)16-6-5-13(19)18-7-1-2-8-18/h3-4,10H,1-2,5-9,15H2,(H,16,20). The molecule has 0 aromatic carbocycles. The van der Waals surface area contributed by atoms with E-state index in [-0.39, 0.29) is 11.8 Å². The number of nitrogens with two attached hydrogens (primary N) is 1. The molecule has 0 atom stereocenters. The normalized spacial score (nSPS) is 14.3. The topological polar surface area (TPSA) is 88.3 Å². The van der Waals surface area contributed by atoms with E-state index in [1.165, 1.54) is 0 Å². The molecule has 0 saturated carbocycles. The highest BCUT2D eigenvalue weighted by Crippen LogP contribution is 2.08. The summed E-state index contributed by atoms with van der Waals surface area (Å²) in [6.07, 6.45) is 4.09. The van der Waals surface area contributed by atoms with Crippen LogP contribution in [0.15, 0.2) is 18.3 Å². The zero-order valence-electron chi connectivity index (χ0n) is 11.5. The van der Waals surface area contributed by atoms with E-state index in [0.717, 1.165) is 31.5 Å². The number of amides is 2. The minimum Gasteiger partial charge on any atom is -0.350 e. The molecule has 6 nitrogen and oxygen atoms in total. The maximum absolute atomic E-state index is 11.8. The first-order valence-electron chi connectivity index (χ1n) is 6.91. The minimum absolute atomic E-state index is 0.106. The average Bonchev–Trinajstić information content (AvgIpc) is 3.01. The summed E-state index contributed by atoms with van der Waals surface area (Å²) in [6.45, 7) is 2.43. The van der Waals surface area contributed by atoms with E-state index in [9.17, 15) is 9.59 Å². The third-order valence-electron chi connectivity index (χ3n) is 3.38. The summed E-state index contributed by atoms with van der Waals surface area (Å²) in [5, 5.41) is 2.71. The minimum atomic E-state index is -0.261. The van der Waals surface area contributed by atoms with Crippen LogP contribution in [0.5, 0.6) is 0 Å². The number of pyridine rings is 1. The van der Waals surface area contributed by atoms with Crippen LogP contribution in [0.3, 0.4) is 0 Å². The number of rotatable bonds is 5. The molecular weight excluding hydrogens is 256 g/mol. The molecular formula is C14H20N4O2. The fraction of sp³-hybridized carbons (Fsp3) is 0.500. The lowest BCUT2D eigenvalue weighted by Gasteiger charge is -2.15. The van der Waals surface area contributed by atoms with Crippen LogP contribution in [0.4, 0.5) is 0 Å². The Kier molecular flexibility index (Phi) is 5.06. The lowest BCUT2D eigenvalue weighted by atomic mass is 10.2. The number of nitrogens with one attached hydrogen (secondary N) is 1. The highest BCUT2D eigenvalue weighted by atomic mass is 16.2. The first-order chi connectivity index (χ1) is 9.70. The van der Waals surface area contributed by atoms with Crippen molar-refractivity contribution < 1.29 is 9.59 Å². The lowest BCUT2D eigenvalue weighted by Crippen LogP contribution is -2.32. The maximum Gasteiger partial charge on any atom is 0.269 e. The van der Waals surface area contributed by atoms with Gasteiger partial charge in [-0.2, -0.15) is 0 Å². The Labute approximate surface area is 118 Å². The summed E-state index contributed by atoms with van der Waals surface area (Å²) in [4.78, 5) is 29.5. The highest BCUT2D eigenvalue weighted by molar-refractivity contribution is 5.92. The van der Waals surface area contributed by atoms with Crippen molar-refractivity contribution >= 4 is 11.8 Å². The van der Waals surface area contributed by atoms with E-state index < -0.39 is 0 Å². The summed E-state index contributed by atoms with van der Waals surface area (Å²) in [5.41, 5.74) is 6.69. The Hall–Kier alpha value is -1.95. The molecule has 0 radical (unpaired) electrons. The second-order valence-corrected chi connectivity index (χ2v) is 4.85. The molecule has 1 fully saturated rings. The molecule has 20 heavy (non-hydrogen) atoms. The van der Waals surface area contributed by atoms with E-state index in [1.807, 2.05) is 4.90 Å². The van der Waals surface area contributed by atoms with Crippen LogP contribution in [-0.4, -0.2) is 41.3 Å². The predicted octanol–water partition coefficient (Wildman–Crippen LogP) is 0.283. The molecule has 3 N–H and O–H groups in total. The van der Waals surface area contributed by atoms with Crippen LogP contribution >= 0.6 is 0 Å². The Morgan fingerprint density at radius 2 is 2.05 bits per heavy atom. The summed E-state index contributed by atoms with van der Waals surface area (Å²) >= 11 is 0. The molecule has 1 aliphatic heterocycles. The maximum atomic E-state index is 11.8. The fourth-order valence-corrected chi connectivity index (χ4v) is 2.18. The Morgan fingerprint density at radius 3 is 2.65 bits per heavy atom. The van der Waals surface area contributed by atoms with Crippen LogP contribution in [0.2, 0.25) is 0 Å². The van der Waals surface area contributed by atoms with Crippen LogP contribution < -0.4 is 11.1 Å². The summed E-state index contributed by atoms with van der Waals surface area (Å²) in [6, 6.07) is 3.41. The molecule has 1 aliphatic rings. The molecule has 0 unspecified atom stereocenters. The molecule has 1 aromatic rings. The smallest absolute Gasteiger partial charge is 0.269 e. The lowest BCUT2D eigenvalue weighted by molar-refractivity contribution is -0.129. The van der Waals surface area contributed by atoms with Crippen LogP contribution in [-0.2, 0) is 11.3 Å². The molecule has 108 valence electrons. The predicted molar refractivity (Wildman–Crippen MR) is 74.9 cm³/mol. The van der Waals surface area contributed by atoms with E-state index in [2.05, 4.69) is 10.3 Å². The van der Waals surface area contributed by atoms with Gasteiger partial charge in [0.25, 0.3) is 5.91 Å². The van der Waals surface area contributed by atoms with Gasteiger partial charge >= 0.3 is 0 Å². The molecule has 0 bridgehead atoms. The van der Waals surface area contributed by atoms with Gasteiger partial charge in [0, 0.05) is 38.8 Å². The van der Waals surface area contributed by atoms with Crippen LogP contribution in [0, 0.1) is 0 Å². The molecule has 0 spiro atoms. The zero-order chi connectivity index (χ0) is 14.4. The van der Waals surface area contributed by atoms with Gasteiger partial charge in [0.15, 0.2) is 0 Å². The van der Waals surface area contributed by atoms with Crippen molar-refractivity contribution in [3.05, 3.63) is 29.6 Å². The largest absolute Gasteiger partial charge is 0.350 e. The van der Waals surface area contributed by atoms with Gasteiger partial charge in [-0.3, -0.25) is 14.6 Å². The van der Waals surface area contributed by atoms with Crippen molar-refractivity contribution in [3.8, 4) is 0 Å². The number of carbonyl (C=O) groups is 2. The molecule has 2 amide bonds. The van der Waals surface area contributed by atoms with Crippen molar-refractivity contribution in [2.45, 2.75) is 25.8 Å². The Morgan fingerprint density at radius 1 is 1.30 bits per heavy atom.